The monoisotopic (exact) mass is 2080 g/mol. The van der Waals surface area contributed by atoms with Crippen molar-refractivity contribution < 1.29 is 65.1 Å². The Balaban J connectivity index is 0.000000148. The number of hydrogen-bond donors (Lipinski definition) is 1. The zero-order valence-corrected chi connectivity index (χ0v) is 80.4. The average molecular weight is 2080 g/mol. The molecule has 3 aromatic heterocycles. The molecule has 5 heterocycles. The number of hydrogen-bond acceptors (Lipinski definition) is 8. The summed E-state index contributed by atoms with van der Waals surface area (Å²) < 4.78 is 137. The number of halogens is 8. The Morgan fingerprint density at radius 2 is 0.586 bits per heavy atom. The molecule has 19 aromatic carbocycles. The van der Waals surface area contributed by atoms with E-state index in [1.54, 1.807) is 79.1 Å². The van der Waals surface area contributed by atoms with Gasteiger partial charge in [0, 0.05) is 59.3 Å². The maximum Gasteiger partial charge on any atom is 0.186 e. The smallest absolute Gasteiger partial charge is 0.186 e. The van der Waals surface area contributed by atoms with E-state index in [2.05, 4.69) is 187 Å². The number of carbonyl (C=O) groups is 1. The Bertz CT molecular complexity index is 8050. The Morgan fingerprint density at radius 3 is 0.917 bits per heavy atom. The normalized spacial score (nSPS) is 12.5. The molecule has 0 saturated heterocycles. The van der Waals surface area contributed by atoms with Crippen molar-refractivity contribution in [1.29, 1.82) is 0 Å². The van der Waals surface area contributed by atoms with Crippen LogP contribution in [0.3, 0.4) is 0 Å². The summed E-state index contributed by atoms with van der Waals surface area (Å²) in [6.07, 6.45) is 2.77. The van der Waals surface area contributed by atoms with Crippen molar-refractivity contribution in [3.63, 3.8) is 0 Å². The van der Waals surface area contributed by atoms with Crippen LogP contribution in [0.15, 0.2) is 467 Å². The Labute approximate surface area is 846 Å². The predicted molar refractivity (Wildman–Crippen MR) is 563 cm³/mol. The number of para-hydroxylation sites is 4. The molecule has 1 N–H and O–H groups in total. The van der Waals surface area contributed by atoms with Crippen molar-refractivity contribution in [3.8, 4) is 78.4 Å². The molecule has 0 spiro atoms. The third kappa shape index (κ3) is 17.3. The molecule has 0 bridgehead atoms. The number of rotatable bonds is 14. The van der Waals surface area contributed by atoms with Crippen molar-refractivity contribution >= 4 is 83.3 Å². The fourth-order valence-electron chi connectivity index (χ4n) is 20.4. The Morgan fingerprint density at radius 1 is 0.290 bits per heavy atom. The molecular weight excluding hydrogens is 2000 g/mol. The molecular formula is C128H85F8IrN6O2-. The van der Waals surface area contributed by atoms with Crippen LogP contribution in [0.1, 0.15) is 63.9 Å². The average Bonchev–Trinajstić information content (AvgIpc) is 0.692. The summed E-state index contributed by atoms with van der Waals surface area (Å²) in [4.78, 5) is 31.6. The van der Waals surface area contributed by atoms with Gasteiger partial charge in [-0.15, -0.1) is 17.7 Å². The number of allylic oxidation sites excluding steroid dienone is 2. The van der Waals surface area contributed by atoms with Crippen LogP contribution in [0.25, 0.3) is 122 Å². The second-order valence-corrected chi connectivity index (χ2v) is 35.2. The molecule has 24 rings (SSSR count). The largest absolute Gasteiger partial charge is 0.512 e. The summed E-state index contributed by atoms with van der Waals surface area (Å²) in [7, 11) is 0. The van der Waals surface area contributed by atoms with E-state index in [0.29, 0.717) is 22.3 Å². The first kappa shape index (κ1) is 94.9. The van der Waals surface area contributed by atoms with Crippen LogP contribution in [0.5, 0.6) is 0 Å². The molecule has 0 unspecified atom stereocenters. The van der Waals surface area contributed by atoms with Crippen LogP contribution < -0.4 is 9.80 Å². The number of nitrogens with zero attached hydrogens (tertiary/aromatic N) is 6. The third-order valence-corrected chi connectivity index (χ3v) is 26.7. The molecule has 22 aromatic rings. The zero-order chi connectivity index (χ0) is 98.9. The Hall–Kier alpha value is -17.6. The first-order chi connectivity index (χ1) is 70.4. The molecule has 0 saturated carbocycles. The number of ketones is 1. The fraction of sp³-hybridized carbons (Fsp3) is 0.0312. The number of aliphatic hydroxyl groups excluding tert-OH is 1. The van der Waals surface area contributed by atoms with Crippen molar-refractivity contribution in [3.05, 3.63) is 571 Å². The van der Waals surface area contributed by atoms with E-state index in [-0.39, 0.29) is 54.4 Å². The minimum atomic E-state index is -2.28. The van der Waals surface area contributed by atoms with Crippen molar-refractivity contribution in [2.45, 2.75) is 24.7 Å². The minimum absolute atomic E-state index is 0. The van der Waals surface area contributed by atoms with E-state index in [0.717, 1.165) is 127 Å². The van der Waals surface area contributed by atoms with Gasteiger partial charge in [0.25, 0.3) is 0 Å². The van der Waals surface area contributed by atoms with Gasteiger partial charge in [0.05, 0.1) is 78.6 Å². The number of aliphatic hydroxyl groups is 1. The van der Waals surface area contributed by atoms with Crippen molar-refractivity contribution in [2.75, 3.05) is 9.80 Å². The number of anilines is 6. The van der Waals surface area contributed by atoms with Gasteiger partial charge in [-0.2, -0.15) is 18.6 Å². The van der Waals surface area contributed by atoms with Gasteiger partial charge < -0.3 is 14.9 Å². The first-order valence-corrected chi connectivity index (χ1v) is 46.9. The molecule has 17 heteroatoms. The summed E-state index contributed by atoms with van der Waals surface area (Å²) in [5.74, 6) is -17.5. The van der Waals surface area contributed by atoms with Crippen LogP contribution in [0, 0.1) is 53.5 Å². The van der Waals surface area contributed by atoms with E-state index < -0.39 is 79.9 Å². The van der Waals surface area contributed by atoms with E-state index in [4.69, 9.17) is 15.1 Å². The van der Waals surface area contributed by atoms with Crippen LogP contribution in [0.4, 0.5) is 69.2 Å². The quantitative estimate of drug-likeness (QED) is 0.0287. The van der Waals surface area contributed by atoms with E-state index in [1.165, 1.54) is 65.7 Å². The first-order valence-electron chi connectivity index (χ1n) is 46.9. The van der Waals surface area contributed by atoms with E-state index >= 15 is 35.1 Å². The molecule has 0 atom stereocenters. The number of benzene rings is 19. The second kappa shape index (κ2) is 40.5. The maximum atomic E-state index is 17.3. The molecule has 0 amide bonds. The fourth-order valence-corrected chi connectivity index (χ4v) is 20.4. The predicted octanol–water partition coefficient (Wildman–Crippen LogP) is 33.6. The minimum Gasteiger partial charge on any atom is -0.512 e. The number of pyridine rings is 2. The molecule has 1 radical (unpaired) electrons. The third-order valence-electron chi connectivity index (χ3n) is 26.7. The molecule has 705 valence electrons. The van der Waals surface area contributed by atoms with Gasteiger partial charge in [0.2, 0.25) is 0 Å². The molecule has 0 fully saturated rings. The number of aromatic nitrogens is 4. The zero-order valence-electron chi connectivity index (χ0n) is 78.0. The number of carbonyl (C=O) groups excluding carboxylic acids is 1. The van der Waals surface area contributed by atoms with Crippen molar-refractivity contribution in [1.82, 2.24) is 19.9 Å². The summed E-state index contributed by atoms with van der Waals surface area (Å²) >= 11 is 0. The molecule has 145 heavy (non-hydrogen) atoms. The van der Waals surface area contributed by atoms with Gasteiger partial charge in [-0.1, -0.05) is 376 Å². The Kier molecular flexibility index (Phi) is 26.5. The van der Waals surface area contributed by atoms with Crippen LogP contribution in [-0.4, -0.2) is 30.8 Å². The van der Waals surface area contributed by atoms with Crippen LogP contribution in [0.2, 0.25) is 0 Å². The summed E-state index contributed by atoms with van der Waals surface area (Å²) in [6, 6.07) is 144. The molecule has 2 aliphatic heterocycles. The van der Waals surface area contributed by atoms with Gasteiger partial charge in [0.15, 0.2) is 52.3 Å². The topological polar surface area (TPSA) is 95.3 Å². The second-order valence-electron chi connectivity index (χ2n) is 35.2. The van der Waals surface area contributed by atoms with E-state index in [1.807, 2.05) is 182 Å². The van der Waals surface area contributed by atoms with E-state index in [9.17, 15) is 4.79 Å². The van der Waals surface area contributed by atoms with Gasteiger partial charge in [-0.25, -0.2) is 55.1 Å². The molecule has 0 aliphatic carbocycles. The SMILES string of the molecule is CC(=O)C=C(C)O.Fc1c(F)c(N2c3ccccc3C(c3ccccc3)(c3ccccc3)c3ccccc32)c(F)c(F)c1-c1c(F)c(F)c(N2c3ccccc3C(c3ccccc3)(c3ccccc3)c3ccccc32)c(F)c1F.[CH2-]c1ccccc1-c1cc(-c2ccccc2)ncn1.[Ir].c1ccc(-c2cc(-c3ccc4ccccc4c3)nc3c2ccc2c(-c4ccccc4)cc(-c4ccc5ccccc5c4)nc23)cc1. The van der Waals surface area contributed by atoms with Crippen LogP contribution >= 0.6 is 0 Å². The van der Waals surface area contributed by atoms with Gasteiger partial charge in [-0.05, 0) is 157 Å². The van der Waals surface area contributed by atoms with Gasteiger partial charge >= 0.3 is 0 Å². The summed E-state index contributed by atoms with van der Waals surface area (Å²) in [5.41, 5.74) is 12.1. The number of fused-ring (bicyclic) bond motifs is 9. The summed E-state index contributed by atoms with van der Waals surface area (Å²) in [6.45, 7) is 6.89. The molecule has 8 nitrogen and oxygen atoms in total. The maximum absolute atomic E-state index is 17.3. The molecule has 2 aliphatic rings. The summed E-state index contributed by atoms with van der Waals surface area (Å²) in [5, 5.41) is 15.4. The van der Waals surface area contributed by atoms with Crippen molar-refractivity contribution in [2.24, 2.45) is 0 Å². The van der Waals surface area contributed by atoms with Gasteiger partial charge in [0.1, 0.15) is 17.7 Å². The van der Waals surface area contributed by atoms with Gasteiger partial charge in [-0.3, -0.25) is 4.79 Å². The standard InChI is InChI=1S/C62H36F8N2.C44H28N2.C17H13N2.C5H8O2.Ir/c63-51-49(52(64)56(68)59(55(51)67)71-45-33-17-13-29-41(45)61(37-21-5-1-6-22-37,38-23-7-2-8-24-38)42-30-14-18-34-46(42)71)50-53(65)57(69)60(58(70)54(50)66)72-47-35-19-15-31-43(47)62(39-25-9-3-10-26-39,40-27-11-4-12-28-40)44-32-16-20-36-48(44)72;1-3-13-31(14-4-1)39-27-41(35-21-19-29-11-7-9-17-33(29)25-35)45-43-37(39)23-24-38-40(32-15-5-2-6-16-32)28-42(46-44(38)43)36-22-20-30-12-8-10-18-34(30)26-36;1-13-7-5-6-10-15(13)17-11-16(18-12-19-17)14-8-3-2-4-9-14;1-4(6)3-5(2)7;/h1-36H;1-28H;2-12H,1H2;3,6H,1-2H3;/q;;-1;;. The van der Waals surface area contributed by atoms with Crippen LogP contribution in [-0.2, 0) is 35.7 Å².